The predicted octanol–water partition coefficient (Wildman–Crippen LogP) is 5.86. The number of esters is 1. The van der Waals surface area contributed by atoms with Crippen LogP contribution in [0, 0.1) is 0 Å². The zero-order chi connectivity index (χ0) is 27.7. The Morgan fingerprint density at radius 3 is 2.26 bits per heavy atom. The van der Waals surface area contributed by atoms with E-state index in [1.54, 1.807) is 7.11 Å². The third kappa shape index (κ3) is 7.48. The fraction of sp³-hybridized carbons (Fsp3) is 0.394. The van der Waals surface area contributed by atoms with Crippen LogP contribution in [0.1, 0.15) is 54.9 Å². The molecule has 4 rings (SSSR count). The van der Waals surface area contributed by atoms with Crippen LogP contribution < -0.4 is 10.1 Å². The Kier molecular flexibility index (Phi) is 9.77. The molecule has 1 amide bonds. The summed E-state index contributed by atoms with van der Waals surface area (Å²) in [7, 11) is 3.10. The summed E-state index contributed by atoms with van der Waals surface area (Å²) < 4.78 is 10.3. The van der Waals surface area contributed by atoms with E-state index in [1.165, 1.54) is 12.7 Å². The lowest BCUT2D eigenvalue weighted by Crippen LogP contribution is -2.45. The first kappa shape index (κ1) is 28.4. The lowest BCUT2D eigenvalue weighted by Gasteiger charge is -2.34. The van der Waals surface area contributed by atoms with Gasteiger partial charge in [-0.1, -0.05) is 67.6 Å². The molecule has 3 aromatic rings. The van der Waals surface area contributed by atoms with E-state index in [1.807, 2.05) is 66.7 Å². The Bertz CT molecular complexity index is 1220. The molecule has 1 heterocycles. The van der Waals surface area contributed by atoms with E-state index in [-0.39, 0.29) is 23.3 Å². The van der Waals surface area contributed by atoms with Crippen LogP contribution >= 0.6 is 0 Å². The minimum Gasteiger partial charge on any atom is -0.497 e. The minimum absolute atomic E-state index is 0.0266. The van der Waals surface area contributed by atoms with Crippen LogP contribution in [0.25, 0.3) is 11.1 Å². The molecule has 3 aromatic carbocycles. The fourth-order valence-electron chi connectivity index (χ4n) is 5.53. The molecule has 6 heteroatoms. The van der Waals surface area contributed by atoms with Crippen molar-refractivity contribution in [2.24, 2.45) is 0 Å². The molecule has 6 nitrogen and oxygen atoms in total. The maximum absolute atomic E-state index is 13.3. The maximum atomic E-state index is 13.3. The van der Waals surface area contributed by atoms with E-state index in [4.69, 9.17) is 9.47 Å². The number of nitrogens with one attached hydrogen (secondary N) is 1. The van der Waals surface area contributed by atoms with Crippen molar-refractivity contribution in [2.45, 2.75) is 50.5 Å². The van der Waals surface area contributed by atoms with Gasteiger partial charge in [-0.05, 0) is 67.1 Å². The van der Waals surface area contributed by atoms with Crippen molar-refractivity contribution in [2.75, 3.05) is 33.9 Å². The molecule has 1 unspecified atom stereocenters. The minimum atomic E-state index is -0.252. The molecule has 0 spiro atoms. The molecule has 0 aliphatic carbocycles. The van der Waals surface area contributed by atoms with Gasteiger partial charge in [-0.25, -0.2) is 0 Å². The van der Waals surface area contributed by atoms with Crippen LogP contribution in [0.15, 0.2) is 78.9 Å². The van der Waals surface area contributed by atoms with Crippen LogP contribution in [0.5, 0.6) is 5.75 Å². The summed E-state index contributed by atoms with van der Waals surface area (Å²) in [6, 6.07) is 26.0. The summed E-state index contributed by atoms with van der Waals surface area (Å²) in [5, 5.41) is 3.28. The lowest BCUT2D eigenvalue weighted by molar-refractivity contribution is -0.142. The smallest absolute Gasteiger partial charge is 0.306 e. The number of methoxy groups -OCH3 is 2. The Hall–Kier alpha value is -3.64. The Balaban J connectivity index is 1.29. The van der Waals surface area contributed by atoms with Crippen LogP contribution in [-0.4, -0.2) is 56.7 Å². The van der Waals surface area contributed by atoms with Crippen molar-refractivity contribution >= 4 is 11.9 Å². The van der Waals surface area contributed by atoms with Crippen LogP contribution in [0.2, 0.25) is 0 Å². The van der Waals surface area contributed by atoms with Crippen LogP contribution in [-0.2, 0) is 14.9 Å². The first-order chi connectivity index (χ1) is 18.9. The number of carbonyl (C=O) groups is 2. The number of ether oxygens (including phenoxy) is 2. The molecule has 1 aliphatic rings. The summed E-state index contributed by atoms with van der Waals surface area (Å²) in [5.74, 6) is 0.591. The molecular weight excluding hydrogens is 488 g/mol. The van der Waals surface area contributed by atoms with E-state index in [9.17, 15) is 9.59 Å². The second-order valence-corrected chi connectivity index (χ2v) is 10.6. The highest BCUT2D eigenvalue weighted by Crippen LogP contribution is 2.33. The normalized spacial score (nSPS) is 15.8. The number of rotatable bonds is 11. The van der Waals surface area contributed by atoms with E-state index >= 15 is 0 Å². The number of carbonyl (C=O) groups excluding carboxylic acids is 2. The Morgan fingerprint density at radius 1 is 0.923 bits per heavy atom. The van der Waals surface area contributed by atoms with Crippen molar-refractivity contribution in [3.8, 4) is 16.9 Å². The largest absolute Gasteiger partial charge is 0.497 e. The zero-order valence-corrected chi connectivity index (χ0v) is 23.3. The molecule has 0 aromatic heterocycles. The number of benzene rings is 3. The van der Waals surface area contributed by atoms with Gasteiger partial charge in [0, 0.05) is 30.1 Å². The number of amides is 1. The molecule has 0 radical (unpaired) electrons. The lowest BCUT2D eigenvalue weighted by atomic mass is 9.76. The SMILES string of the molecule is COC(=O)CC(C)(CCCN1CCC(NC(=O)c2ccccc2-c2ccc(OC)cc2)CC1)c1ccccc1. The summed E-state index contributed by atoms with van der Waals surface area (Å²) in [6.07, 6.45) is 4.13. The molecular formula is C33H40N2O4. The van der Waals surface area contributed by atoms with E-state index in [0.29, 0.717) is 12.0 Å². The van der Waals surface area contributed by atoms with Gasteiger partial charge in [0.1, 0.15) is 5.75 Å². The third-order valence-electron chi connectivity index (χ3n) is 7.93. The van der Waals surface area contributed by atoms with Crippen molar-refractivity contribution < 1.29 is 19.1 Å². The van der Waals surface area contributed by atoms with Gasteiger partial charge in [-0.2, -0.15) is 0 Å². The van der Waals surface area contributed by atoms with Crippen molar-refractivity contribution in [1.29, 1.82) is 0 Å². The highest BCUT2D eigenvalue weighted by atomic mass is 16.5. The highest BCUT2D eigenvalue weighted by molar-refractivity contribution is 6.01. The van der Waals surface area contributed by atoms with Gasteiger partial charge in [-0.15, -0.1) is 0 Å². The van der Waals surface area contributed by atoms with Crippen molar-refractivity contribution in [3.05, 3.63) is 90.0 Å². The number of nitrogens with zero attached hydrogens (tertiary/aromatic N) is 1. The van der Waals surface area contributed by atoms with E-state index < -0.39 is 0 Å². The monoisotopic (exact) mass is 528 g/mol. The first-order valence-corrected chi connectivity index (χ1v) is 13.8. The molecule has 206 valence electrons. The summed E-state index contributed by atoms with van der Waals surface area (Å²) in [4.78, 5) is 27.9. The van der Waals surface area contributed by atoms with Crippen LogP contribution in [0.3, 0.4) is 0 Å². The van der Waals surface area contributed by atoms with E-state index in [0.717, 1.165) is 62.2 Å². The summed E-state index contributed by atoms with van der Waals surface area (Å²) in [5.41, 5.74) is 3.52. The fourth-order valence-corrected chi connectivity index (χ4v) is 5.53. The molecule has 0 saturated carbocycles. The number of hydrogen-bond donors (Lipinski definition) is 1. The predicted molar refractivity (Wildman–Crippen MR) is 155 cm³/mol. The number of piperidine rings is 1. The average Bonchev–Trinajstić information content (AvgIpc) is 2.98. The number of likely N-dealkylation sites (tertiary alicyclic amines) is 1. The second kappa shape index (κ2) is 13.4. The average molecular weight is 529 g/mol. The van der Waals surface area contributed by atoms with Crippen molar-refractivity contribution in [3.63, 3.8) is 0 Å². The zero-order valence-electron chi connectivity index (χ0n) is 23.3. The number of hydrogen-bond acceptors (Lipinski definition) is 5. The summed E-state index contributed by atoms with van der Waals surface area (Å²) >= 11 is 0. The third-order valence-corrected chi connectivity index (χ3v) is 7.93. The maximum Gasteiger partial charge on any atom is 0.306 e. The quantitative estimate of drug-likeness (QED) is 0.316. The van der Waals surface area contributed by atoms with Gasteiger partial charge in [-0.3, -0.25) is 9.59 Å². The van der Waals surface area contributed by atoms with Gasteiger partial charge in [0.25, 0.3) is 5.91 Å². The first-order valence-electron chi connectivity index (χ1n) is 13.8. The molecule has 1 fully saturated rings. The Labute approximate surface area is 232 Å². The second-order valence-electron chi connectivity index (χ2n) is 10.6. The van der Waals surface area contributed by atoms with Crippen molar-refractivity contribution in [1.82, 2.24) is 10.2 Å². The van der Waals surface area contributed by atoms with Gasteiger partial charge in [0.05, 0.1) is 20.6 Å². The molecule has 1 atom stereocenters. The van der Waals surface area contributed by atoms with E-state index in [2.05, 4.69) is 29.3 Å². The Morgan fingerprint density at radius 2 is 1.59 bits per heavy atom. The highest BCUT2D eigenvalue weighted by Gasteiger charge is 2.30. The molecule has 1 aliphatic heterocycles. The standard InChI is InChI=1S/C33H40N2O4/c1-33(24-31(36)39-3,26-10-5-4-6-11-26)20-9-21-35-22-18-27(19-23-35)34-32(37)30-13-8-7-12-29(30)25-14-16-28(38-2)17-15-25/h4-8,10-17,27H,9,18-24H2,1-3H3,(H,34,37). The van der Waals surface area contributed by atoms with Gasteiger partial charge in [0.15, 0.2) is 0 Å². The van der Waals surface area contributed by atoms with Gasteiger partial charge in [0.2, 0.25) is 0 Å². The van der Waals surface area contributed by atoms with Crippen LogP contribution in [0.4, 0.5) is 0 Å². The molecule has 1 N–H and O–H groups in total. The molecule has 0 bridgehead atoms. The van der Waals surface area contributed by atoms with Gasteiger partial charge >= 0.3 is 5.97 Å². The topological polar surface area (TPSA) is 67.9 Å². The summed E-state index contributed by atoms with van der Waals surface area (Å²) in [6.45, 7) is 5.03. The van der Waals surface area contributed by atoms with Gasteiger partial charge < -0.3 is 19.7 Å². The molecule has 1 saturated heterocycles. The molecule has 39 heavy (non-hydrogen) atoms.